The summed E-state index contributed by atoms with van der Waals surface area (Å²) in [5.74, 6) is -1.57. The zero-order valence-electron chi connectivity index (χ0n) is 9.38. The fraction of sp³-hybridized carbons (Fsp3) is 0.273. The molecule has 6 heteroatoms. The van der Waals surface area contributed by atoms with Gasteiger partial charge in [-0.05, 0) is 0 Å². The lowest BCUT2D eigenvalue weighted by Gasteiger charge is -2.30. The van der Waals surface area contributed by atoms with Crippen molar-refractivity contribution in [3.63, 3.8) is 0 Å². The molecule has 0 spiro atoms. The van der Waals surface area contributed by atoms with Crippen molar-refractivity contribution in [1.29, 1.82) is 0 Å². The molecule has 0 heterocycles. The Bertz CT molecular complexity index is 389. The average molecular weight is 238 g/mol. The molecule has 0 aromatic heterocycles. The molecule has 0 aliphatic carbocycles. The van der Waals surface area contributed by atoms with Crippen LogP contribution >= 0.6 is 0 Å². The molecule has 6 nitrogen and oxygen atoms in total. The Hall–Kier alpha value is -2.24. The van der Waals surface area contributed by atoms with Gasteiger partial charge in [0.1, 0.15) is 0 Å². The van der Waals surface area contributed by atoms with Gasteiger partial charge in [-0.25, -0.2) is 9.59 Å². The Morgan fingerprint density at radius 1 is 1.12 bits per heavy atom. The van der Waals surface area contributed by atoms with Gasteiger partial charge in [0.05, 0.1) is 0 Å². The van der Waals surface area contributed by atoms with Gasteiger partial charge in [0, 0.05) is 12.0 Å². The Morgan fingerprint density at radius 2 is 1.59 bits per heavy atom. The Labute approximate surface area is 98.5 Å². The number of hydrogen-bond donors (Lipinski definition) is 2. The van der Waals surface area contributed by atoms with Crippen molar-refractivity contribution in [2.75, 3.05) is 0 Å². The lowest BCUT2D eigenvalue weighted by atomic mass is 10.0. The molecule has 1 aromatic carbocycles. The maximum Gasteiger partial charge on any atom is 0.408 e. The summed E-state index contributed by atoms with van der Waals surface area (Å²) in [6, 6.07) is 8.51. The zero-order chi connectivity index (χ0) is 12.9. The maximum absolute atomic E-state index is 10.9. The molecule has 0 radical (unpaired) electrons. The van der Waals surface area contributed by atoms with Gasteiger partial charge in [0.15, 0.2) is 0 Å². The van der Waals surface area contributed by atoms with E-state index in [0.717, 1.165) is 0 Å². The highest BCUT2D eigenvalue weighted by Gasteiger charge is 2.38. The van der Waals surface area contributed by atoms with E-state index in [4.69, 9.17) is 20.9 Å². The van der Waals surface area contributed by atoms with Crippen LogP contribution in [-0.2, 0) is 15.3 Å². The third-order valence-corrected chi connectivity index (χ3v) is 2.21. The van der Waals surface area contributed by atoms with Crippen molar-refractivity contribution in [2.24, 2.45) is 11.5 Å². The highest BCUT2D eigenvalue weighted by molar-refractivity contribution is 5.68. The third-order valence-electron chi connectivity index (χ3n) is 2.21. The first-order valence-electron chi connectivity index (χ1n) is 5.02. The number of carbonyl (C=O) groups is 2. The standard InChI is InChI=1S/C11H14N2O4/c1-2-11(16-9(12)14,17-10(13)15)8-6-4-3-5-7-8/h3-7H,2H2,1H3,(H2,12,14)(H2,13,15). The molecular weight excluding hydrogens is 224 g/mol. The van der Waals surface area contributed by atoms with Crippen LogP contribution in [0.5, 0.6) is 0 Å². The van der Waals surface area contributed by atoms with Crippen LogP contribution in [0.15, 0.2) is 30.3 Å². The smallest absolute Gasteiger partial charge is 0.402 e. The predicted molar refractivity (Wildman–Crippen MR) is 59.7 cm³/mol. The lowest BCUT2D eigenvalue weighted by Crippen LogP contribution is -2.40. The number of carbonyl (C=O) groups excluding carboxylic acids is 2. The Morgan fingerprint density at radius 3 is 1.94 bits per heavy atom. The van der Waals surface area contributed by atoms with Crippen LogP contribution in [0.4, 0.5) is 9.59 Å². The molecule has 0 aliphatic heterocycles. The number of amides is 2. The number of primary amides is 2. The second-order valence-electron chi connectivity index (χ2n) is 3.31. The van der Waals surface area contributed by atoms with Crippen LogP contribution < -0.4 is 11.5 Å². The van der Waals surface area contributed by atoms with E-state index >= 15 is 0 Å². The van der Waals surface area contributed by atoms with Gasteiger partial charge in [0.25, 0.3) is 5.79 Å². The topological polar surface area (TPSA) is 105 Å². The first-order chi connectivity index (χ1) is 8.00. The number of nitrogens with two attached hydrogens (primary N) is 2. The van der Waals surface area contributed by atoms with Gasteiger partial charge in [-0.3, -0.25) is 0 Å². The molecule has 0 fully saturated rings. The minimum absolute atomic E-state index is 0.197. The second kappa shape index (κ2) is 5.20. The summed E-state index contributed by atoms with van der Waals surface area (Å²) in [5, 5.41) is 0. The Balaban J connectivity index is 3.15. The SMILES string of the molecule is CCC(OC(N)=O)(OC(N)=O)c1ccccc1. The van der Waals surface area contributed by atoms with Crippen LogP contribution in [0.3, 0.4) is 0 Å². The van der Waals surface area contributed by atoms with Crippen LogP contribution in [0.2, 0.25) is 0 Å². The third kappa shape index (κ3) is 3.10. The normalized spacial score (nSPS) is 10.6. The summed E-state index contributed by atoms with van der Waals surface area (Å²) in [7, 11) is 0. The maximum atomic E-state index is 10.9. The van der Waals surface area contributed by atoms with Crippen molar-refractivity contribution >= 4 is 12.2 Å². The largest absolute Gasteiger partial charge is 0.408 e. The van der Waals surface area contributed by atoms with Gasteiger partial charge in [0.2, 0.25) is 0 Å². The van der Waals surface area contributed by atoms with Crippen molar-refractivity contribution in [1.82, 2.24) is 0 Å². The van der Waals surface area contributed by atoms with Crippen LogP contribution in [0.25, 0.3) is 0 Å². The van der Waals surface area contributed by atoms with E-state index in [1.165, 1.54) is 0 Å². The van der Waals surface area contributed by atoms with E-state index in [9.17, 15) is 9.59 Å². The summed E-state index contributed by atoms with van der Waals surface area (Å²) in [5.41, 5.74) is 10.4. The summed E-state index contributed by atoms with van der Waals surface area (Å²) in [6.45, 7) is 1.68. The lowest BCUT2D eigenvalue weighted by molar-refractivity contribution is -0.168. The number of hydrogen-bond acceptors (Lipinski definition) is 4. The van der Waals surface area contributed by atoms with E-state index in [2.05, 4.69) is 0 Å². The van der Waals surface area contributed by atoms with Crippen LogP contribution in [0.1, 0.15) is 18.9 Å². The molecule has 0 saturated carbocycles. The first kappa shape index (κ1) is 12.8. The molecule has 1 rings (SSSR count). The average Bonchev–Trinajstić information content (AvgIpc) is 2.28. The molecule has 2 amide bonds. The zero-order valence-corrected chi connectivity index (χ0v) is 9.38. The van der Waals surface area contributed by atoms with E-state index in [1.54, 1.807) is 37.3 Å². The van der Waals surface area contributed by atoms with Crippen molar-refractivity contribution in [3.05, 3.63) is 35.9 Å². The van der Waals surface area contributed by atoms with Gasteiger partial charge in [-0.15, -0.1) is 0 Å². The number of rotatable bonds is 4. The van der Waals surface area contributed by atoms with Gasteiger partial charge < -0.3 is 20.9 Å². The highest BCUT2D eigenvalue weighted by Crippen LogP contribution is 2.30. The quantitative estimate of drug-likeness (QED) is 0.774. The molecule has 0 saturated heterocycles. The summed E-state index contributed by atoms with van der Waals surface area (Å²) < 4.78 is 9.80. The van der Waals surface area contributed by atoms with Crippen LogP contribution in [-0.4, -0.2) is 12.2 Å². The van der Waals surface area contributed by atoms with Crippen molar-refractivity contribution in [3.8, 4) is 0 Å². The van der Waals surface area contributed by atoms with Crippen molar-refractivity contribution in [2.45, 2.75) is 19.1 Å². The predicted octanol–water partition coefficient (Wildman–Crippen LogP) is 1.44. The highest BCUT2D eigenvalue weighted by atomic mass is 16.7. The molecule has 0 atom stereocenters. The number of ether oxygens (including phenoxy) is 2. The minimum Gasteiger partial charge on any atom is -0.402 e. The van der Waals surface area contributed by atoms with Gasteiger partial charge >= 0.3 is 12.2 Å². The van der Waals surface area contributed by atoms with E-state index in [1.807, 2.05) is 0 Å². The van der Waals surface area contributed by atoms with E-state index in [-0.39, 0.29) is 6.42 Å². The molecule has 92 valence electrons. The second-order valence-corrected chi connectivity index (χ2v) is 3.31. The summed E-state index contributed by atoms with van der Waals surface area (Å²) in [4.78, 5) is 21.8. The van der Waals surface area contributed by atoms with E-state index < -0.39 is 18.0 Å². The van der Waals surface area contributed by atoms with Gasteiger partial charge in [-0.2, -0.15) is 0 Å². The van der Waals surface area contributed by atoms with Crippen LogP contribution in [0, 0.1) is 0 Å². The fourth-order valence-electron chi connectivity index (χ4n) is 1.50. The summed E-state index contributed by atoms with van der Waals surface area (Å²) >= 11 is 0. The molecule has 4 N–H and O–H groups in total. The first-order valence-corrected chi connectivity index (χ1v) is 5.02. The minimum atomic E-state index is -1.57. The molecule has 0 unspecified atom stereocenters. The monoisotopic (exact) mass is 238 g/mol. The Kier molecular flexibility index (Phi) is 3.92. The molecular formula is C11H14N2O4. The molecule has 17 heavy (non-hydrogen) atoms. The molecule has 0 bridgehead atoms. The summed E-state index contributed by atoms with van der Waals surface area (Å²) in [6.07, 6.45) is -1.89. The van der Waals surface area contributed by atoms with Crippen molar-refractivity contribution < 1.29 is 19.1 Å². The number of benzene rings is 1. The van der Waals surface area contributed by atoms with Gasteiger partial charge in [-0.1, -0.05) is 37.3 Å². The van der Waals surface area contributed by atoms with E-state index in [0.29, 0.717) is 5.56 Å². The fourth-order valence-corrected chi connectivity index (χ4v) is 1.50. The molecule has 0 aliphatic rings. The molecule has 1 aromatic rings.